The molecule has 19 heavy (non-hydrogen) atoms. The van der Waals surface area contributed by atoms with Crippen LogP contribution in [0, 0.1) is 0 Å². The van der Waals surface area contributed by atoms with Crippen LogP contribution in [0.1, 0.15) is 35.1 Å². The molecule has 0 bridgehead atoms. The molecule has 98 valence electrons. The molecule has 4 nitrogen and oxygen atoms in total. The van der Waals surface area contributed by atoms with E-state index in [2.05, 4.69) is 24.2 Å². The average Bonchev–Trinajstić information content (AvgIpc) is 2.98. The second-order valence-corrected chi connectivity index (χ2v) is 4.85. The van der Waals surface area contributed by atoms with E-state index < -0.39 is 5.97 Å². The number of hydrogen-bond donors (Lipinski definition) is 1. The summed E-state index contributed by atoms with van der Waals surface area (Å²) in [6.45, 7) is 2.93. The van der Waals surface area contributed by atoms with Crippen molar-refractivity contribution in [2.75, 3.05) is 0 Å². The third kappa shape index (κ3) is 1.93. The van der Waals surface area contributed by atoms with Gasteiger partial charge in [0.1, 0.15) is 0 Å². The number of aromatic nitrogens is 2. The molecule has 0 aliphatic carbocycles. The van der Waals surface area contributed by atoms with E-state index in [1.165, 1.54) is 5.56 Å². The second-order valence-electron chi connectivity index (χ2n) is 4.85. The molecule has 0 saturated carbocycles. The minimum Gasteiger partial charge on any atom is -0.476 e. The van der Waals surface area contributed by atoms with Crippen molar-refractivity contribution >= 4 is 5.97 Å². The highest BCUT2D eigenvalue weighted by Crippen LogP contribution is 2.32. The number of aromatic carboxylic acids is 1. The lowest BCUT2D eigenvalue weighted by atomic mass is 9.99. The van der Waals surface area contributed by atoms with E-state index in [4.69, 9.17) is 0 Å². The molecule has 0 unspecified atom stereocenters. The molecule has 0 atom stereocenters. The van der Waals surface area contributed by atoms with Gasteiger partial charge in [0.2, 0.25) is 0 Å². The van der Waals surface area contributed by atoms with Crippen LogP contribution < -0.4 is 0 Å². The van der Waals surface area contributed by atoms with Crippen LogP contribution in [-0.4, -0.2) is 20.9 Å². The number of fused-ring (bicyclic) bond motifs is 1. The van der Waals surface area contributed by atoms with E-state index in [1.54, 1.807) is 0 Å². The molecule has 0 radical (unpaired) electrons. The quantitative estimate of drug-likeness (QED) is 0.918. The number of carbonyl (C=O) groups is 1. The van der Waals surface area contributed by atoms with E-state index in [0.29, 0.717) is 0 Å². The molecule has 0 fully saturated rings. The largest absolute Gasteiger partial charge is 0.476 e. The average molecular weight is 256 g/mol. The Morgan fingerprint density at radius 2 is 2.11 bits per heavy atom. The molecule has 1 aliphatic heterocycles. The van der Waals surface area contributed by atoms with E-state index in [9.17, 15) is 9.90 Å². The smallest absolute Gasteiger partial charge is 0.357 e. The zero-order valence-corrected chi connectivity index (χ0v) is 10.9. The molecular weight excluding hydrogens is 240 g/mol. The summed E-state index contributed by atoms with van der Waals surface area (Å²) in [7, 11) is 0. The Hall–Kier alpha value is -2.10. The number of carboxylic acids is 1. The summed E-state index contributed by atoms with van der Waals surface area (Å²) in [6.07, 6.45) is 2.94. The maximum Gasteiger partial charge on any atom is 0.357 e. The Labute approximate surface area is 111 Å². The third-order valence-corrected chi connectivity index (χ3v) is 3.69. The first-order valence-electron chi connectivity index (χ1n) is 6.63. The maximum absolute atomic E-state index is 11.3. The zero-order valence-electron chi connectivity index (χ0n) is 10.9. The van der Waals surface area contributed by atoms with Crippen molar-refractivity contribution < 1.29 is 9.90 Å². The minimum absolute atomic E-state index is 0.180. The van der Waals surface area contributed by atoms with E-state index in [-0.39, 0.29) is 5.69 Å². The first kappa shape index (κ1) is 12.0. The maximum atomic E-state index is 11.3. The number of hydrogen-bond acceptors (Lipinski definition) is 2. The van der Waals surface area contributed by atoms with Gasteiger partial charge in [0.15, 0.2) is 5.69 Å². The molecule has 0 amide bonds. The van der Waals surface area contributed by atoms with E-state index in [1.807, 2.05) is 16.8 Å². The van der Waals surface area contributed by atoms with Gasteiger partial charge in [-0.25, -0.2) is 4.79 Å². The van der Waals surface area contributed by atoms with Crippen molar-refractivity contribution in [3.63, 3.8) is 0 Å². The van der Waals surface area contributed by atoms with Crippen LogP contribution in [0.2, 0.25) is 0 Å². The number of aryl methyl sites for hydroxylation is 2. The highest BCUT2D eigenvalue weighted by Gasteiger charge is 2.26. The molecule has 1 N–H and O–H groups in total. The van der Waals surface area contributed by atoms with Crippen LogP contribution in [-0.2, 0) is 19.4 Å². The number of benzene rings is 1. The van der Waals surface area contributed by atoms with Gasteiger partial charge in [-0.15, -0.1) is 0 Å². The summed E-state index contributed by atoms with van der Waals surface area (Å²) in [6, 6.07) is 8.11. The third-order valence-electron chi connectivity index (χ3n) is 3.69. The Bertz CT molecular complexity index is 626. The lowest BCUT2D eigenvalue weighted by Crippen LogP contribution is -2.02. The topological polar surface area (TPSA) is 55.1 Å². The fourth-order valence-corrected chi connectivity index (χ4v) is 2.69. The van der Waals surface area contributed by atoms with Gasteiger partial charge in [-0.05, 0) is 30.4 Å². The van der Waals surface area contributed by atoms with Crippen LogP contribution >= 0.6 is 0 Å². The van der Waals surface area contributed by atoms with Crippen molar-refractivity contribution in [2.45, 2.75) is 32.7 Å². The predicted octanol–water partition coefficient (Wildman–Crippen LogP) is 2.76. The van der Waals surface area contributed by atoms with Gasteiger partial charge in [-0.3, -0.25) is 4.68 Å². The zero-order chi connectivity index (χ0) is 13.4. The van der Waals surface area contributed by atoms with Crippen LogP contribution in [0.3, 0.4) is 0 Å². The van der Waals surface area contributed by atoms with Crippen molar-refractivity contribution in [3.8, 4) is 11.1 Å². The molecule has 0 saturated heterocycles. The van der Waals surface area contributed by atoms with Crippen LogP contribution in [0.4, 0.5) is 0 Å². The van der Waals surface area contributed by atoms with Gasteiger partial charge >= 0.3 is 5.97 Å². The number of carboxylic acid groups (broad SMARTS) is 1. The van der Waals surface area contributed by atoms with Gasteiger partial charge in [0, 0.05) is 17.8 Å². The predicted molar refractivity (Wildman–Crippen MR) is 72.3 cm³/mol. The molecule has 0 spiro atoms. The molecule has 1 aromatic heterocycles. The molecule has 1 aromatic carbocycles. The molecule has 2 aromatic rings. The lowest BCUT2D eigenvalue weighted by molar-refractivity contribution is 0.0690. The summed E-state index contributed by atoms with van der Waals surface area (Å²) >= 11 is 0. The van der Waals surface area contributed by atoms with Gasteiger partial charge in [0.05, 0.1) is 0 Å². The molecular formula is C15H16N2O2. The van der Waals surface area contributed by atoms with Gasteiger partial charge in [-0.1, -0.05) is 31.2 Å². The Kier molecular flexibility index (Phi) is 2.85. The fraction of sp³-hybridized carbons (Fsp3) is 0.333. The minimum atomic E-state index is -0.948. The van der Waals surface area contributed by atoms with Gasteiger partial charge < -0.3 is 5.11 Å². The Morgan fingerprint density at radius 3 is 2.74 bits per heavy atom. The van der Waals surface area contributed by atoms with Crippen molar-refractivity contribution in [1.82, 2.24) is 9.78 Å². The molecule has 4 heteroatoms. The summed E-state index contributed by atoms with van der Waals surface area (Å²) in [5, 5.41) is 13.5. The Morgan fingerprint density at radius 1 is 1.37 bits per heavy atom. The summed E-state index contributed by atoms with van der Waals surface area (Å²) in [4.78, 5) is 11.3. The standard InChI is InChI=1S/C15H16N2O2/c1-2-10-5-7-11(8-6-10)13-12-4-3-9-17(12)16-14(13)15(18)19/h5-8H,2-4,9H2,1H3,(H,18,19). The van der Waals surface area contributed by atoms with Gasteiger partial charge in [-0.2, -0.15) is 5.10 Å². The van der Waals surface area contributed by atoms with Crippen LogP contribution in [0.5, 0.6) is 0 Å². The normalized spacial score (nSPS) is 13.5. The van der Waals surface area contributed by atoms with Crippen LogP contribution in [0.25, 0.3) is 11.1 Å². The molecule has 3 rings (SSSR count). The summed E-state index contributed by atoms with van der Waals surface area (Å²) in [5.41, 5.74) is 4.25. The first-order chi connectivity index (χ1) is 9.20. The molecule has 2 heterocycles. The lowest BCUT2D eigenvalue weighted by Gasteiger charge is -2.04. The SMILES string of the molecule is CCc1ccc(-c2c(C(=O)O)nn3c2CCC3)cc1. The van der Waals surface area contributed by atoms with Crippen molar-refractivity contribution in [3.05, 3.63) is 41.2 Å². The summed E-state index contributed by atoms with van der Waals surface area (Å²) in [5.74, 6) is -0.948. The second kappa shape index (κ2) is 4.53. The summed E-state index contributed by atoms with van der Waals surface area (Å²) < 4.78 is 1.84. The number of rotatable bonds is 3. The number of nitrogens with zero attached hydrogens (tertiary/aromatic N) is 2. The monoisotopic (exact) mass is 256 g/mol. The highest BCUT2D eigenvalue weighted by molar-refractivity contribution is 5.95. The molecule has 1 aliphatic rings. The highest BCUT2D eigenvalue weighted by atomic mass is 16.4. The van der Waals surface area contributed by atoms with E-state index in [0.717, 1.165) is 42.6 Å². The Balaban J connectivity index is 2.14. The fourth-order valence-electron chi connectivity index (χ4n) is 2.69. The first-order valence-corrected chi connectivity index (χ1v) is 6.63. The van der Waals surface area contributed by atoms with Gasteiger partial charge in [0.25, 0.3) is 0 Å². The van der Waals surface area contributed by atoms with Crippen LogP contribution in [0.15, 0.2) is 24.3 Å². The van der Waals surface area contributed by atoms with Crippen molar-refractivity contribution in [2.24, 2.45) is 0 Å². The van der Waals surface area contributed by atoms with E-state index >= 15 is 0 Å². The van der Waals surface area contributed by atoms with Crippen molar-refractivity contribution in [1.29, 1.82) is 0 Å².